The second-order valence-electron chi connectivity index (χ2n) is 9.15. The fourth-order valence-electron chi connectivity index (χ4n) is 4.37. The van der Waals surface area contributed by atoms with Crippen molar-refractivity contribution < 1.29 is 9.90 Å². The van der Waals surface area contributed by atoms with Gasteiger partial charge in [0, 0.05) is 54.1 Å². The highest BCUT2D eigenvalue weighted by atomic mass is 35.5. The van der Waals surface area contributed by atoms with Gasteiger partial charge in [0.15, 0.2) is 5.82 Å². The monoisotopic (exact) mass is 444 g/mol. The van der Waals surface area contributed by atoms with Gasteiger partial charge in [0.1, 0.15) is 5.56 Å². The van der Waals surface area contributed by atoms with Crippen LogP contribution < -0.4 is 11.1 Å². The minimum Gasteiger partial charge on any atom is -0.390 e. The molecule has 1 saturated carbocycles. The molecule has 2 atom stereocenters. The van der Waals surface area contributed by atoms with Crippen LogP contribution >= 0.6 is 11.6 Å². The van der Waals surface area contributed by atoms with Gasteiger partial charge in [0.25, 0.3) is 5.91 Å². The number of aliphatic hydroxyl groups is 1. The molecular formula is C22H29ClN6O2. The number of primary amides is 1. The number of amides is 1. The van der Waals surface area contributed by atoms with Gasteiger partial charge in [-0.05, 0) is 51.0 Å². The third kappa shape index (κ3) is 4.61. The summed E-state index contributed by atoms with van der Waals surface area (Å²) in [7, 11) is 0. The van der Waals surface area contributed by atoms with Gasteiger partial charge in [0.05, 0.1) is 11.6 Å². The van der Waals surface area contributed by atoms with Crippen LogP contribution in [0.5, 0.6) is 0 Å². The maximum atomic E-state index is 12.0. The smallest absolute Gasteiger partial charge is 0.254 e. The molecule has 0 spiro atoms. The van der Waals surface area contributed by atoms with E-state index in [2.05, 4.69) is 15.3 Å². The molecule has 31 heavy (non-hydrogen) atoms. The molecule has 0 radical (unpaired) electrons. The summed E-state index contributed by atoms with van der Waals surface area (Å²) in [6.45, 7) is 5.46. The van der Waals surface area contributed by atoms with Crippen molar-refractivity contribution in [3.63, 3.8) is 0 Å². The first-order valence-corrected chi connectivity index (χ1v) is 10.9. The van der Waals surface area contributed by atoms with E-state index in [1.807, 2.05) is 13.8 Å². The standard InChI is InChI=1S/C22H29ClN6O2/c1-22(2,31)13-10-28(11-13)16-7-8-19(18(24)9-16)29-12-17(20(25)30)21(27-29)26-15-5-3-14(23)4-6-15/h3-6,12-13,16,19,24,31H,7-11H2,1-2H3,(H2,25,30)(H,26,27)/t16-,19?/m0/s1. The topological polar surface area (TPSA) is 120 Å². The Kier molecular flexibility index (Phi) is 5.81. The minimum absolute atomic E-state index is 0.193. The molecule has 4 rings (SSSR count). The number of nitrogens with zero attached hydrogens (tertiary/aromatic N) is 3. The molecular weight excluding hydrogens is 416 g/mol. The van der Waals surface area contributed by atoms with Gasteiger partial charge in [-0.2, -0.15) is 5.10 Å². The van der Waals surface area contributed by atoms with Crippen LogP contribution in [0.4, 0.5) is 11.5 Å². The molecule has 2 heterocycles. The van der Waals surface area contributed by atoms with Crippen molar-refractivity contribution in [3.8, 4) is 0 Å². The third-order valence-corrected chi connectivity index (χ3v) is 6.73. The van der Waals surface area contributed by atoms with E-state index in [0.29, 0.717) is 34.6 Å². The van der Waals surface area contributed by atoms with Crippen molar-refractivity contribution >= 4 is 34.7 Å². The maximum Gasteiger partial charge on any atom is 0.254 e. The molecule has 1 unspecified atom stereocenters. The lowest BCUT2D eigenvalue weighted by Crippen LogP contribution is -2.60. The number of nitrogens with one attached hydrogen (secondary N) is 2. The number of likely N-dealkylation sites (tertiary alicyclic amines) is 1. The average molecular weight is 445 g/mol. The summed E-state index contributed by atoms with van der Waals surface area (Å²) in [5, 5.41) is 27.1. The Bertz CT molecular complexity index is 975. The fourth-order valence-corrected chi connectivity index (χ4v) is 4.50. The van der Waals surface area contributed by atoms with Crippen molar-refractivity contribution in [1.82, 2.24) is 14.7 Å². The minimum atomic E-state index is -0.658. The summed E-state index contributed by atoms with van der Waals surface area (Å²) < 4.78 is 1.69. The number of hydrogen-bond acceptors (Lipinski definition) is 6. The van der Waals surface area contributed by atoms with Gasteiger partial charge in [-0.15, -0.1) is 0 Å². The number of carbonyl (C=O) groups excluding carboxylic acids is 1. The molecule has 2 aromatic rings. The molecule has 1 aromatic carbocycles. The highest BCUT2D eigenvalue weighted by Crippen LogP contribution is 2.35. The van der Waals surface area contributed by atoms with Crippen LogP contribution in [0.3, 0.4) is 0 Å². The Balaban J connectivity index is 1.44. The second-order valence-corrected chi connectivity index (χ2v) is 9.58. The van der Waals surface area contributed by atoms with Gasteiger partial charge in [0.2, 0.25) is 0 Å². The molecule has 1 amide bonds. The lowest BCUT2D eigenvalue weighted by molar-refractivity contribution is -0.0782. The predicted molar refractivity (Wildman–Crippen MR) is 121 cm³/mol. The molecule has 5 N–H and O–H groups in total. The largest absolute Gasteiger partial charge is 0.390 e. The predicted octanol–water partition coefficient (Wildman–Crippen LogP) is 3.20. The van der Waals surface area contributed by atoms with Crippen molar-refractivity contribution in [1.29, 1.82) is 5.41 Å². The number of benzene rings is 1. The lowest BCUT2D eigenvalue weighted by atomic mass is 9.80. The van der Waals surface area contributed by atoms with E-state index in [1.54, 1.807) is 35.1 Å². The first-order valence-electron chi connectivity index (χ1n) is 10.6. The summed E-state index contributed by atoms with van der Waals surface area (Å²) in [5.41, 5.74) is 6.55. The van der Waals surface area contributed by atoms with Gasteiger partial charge in [-0.3, -0.25) is 14.4 Å². The van der Waals surface area contributed by atoms with Gasteiger partial charge in [-0.25, -0.2) is 0 Å². The van der Waals surface area contributed by atoms with Crippen molar-refractivity contribution in [2.45, 2.75) is 50.8 Å². The SMILES string of the molecule is CC(C)(O)C1CN([C@H]2CCC(n3cc(C(N)=O)c(Nc4ccc(Cl)cc4)n3)C(=N)C2)C1. The van der Waals surface area contributed by atoms with Crippen LogP contribution in [0.1, 0.15) is 49.5 Å². The summed E-state index contributed by atoms with van der Waals surface area (Å²) in [6.07, 6.45) is 4.01. The second kappa shape index (κ2) is 8.26. The molecule has 1 aliphatic carbocycles. The molecule has 8 nitrogen and oxygen atoms in total. The number of aromatic nitrogens is 2. The molecule has 2 fully saturated rings. The van der Waals surface area contributed by atoms with Crippen LogP contribution in [0.2, 0.25) is 5.02 Å². The third-order valence-electron chi connectivity index (χ3n) is 6.48. The highest BCUT2D eigenvalue weighted by molar-refractivity contribution is 6.30. The molecule has 1 saturated heterocycles. The summed E-state index contributed by atoms with van der Waals surface area (Å²) in [6, 6.07) is 7.22. The van der Waals surface area contributed by atoms with E-state index >= 15 is 0 Å². The number of nitrogens with two attached hydrogens (primary N) is 1. The van der Waals surface area contributed by atoms with E-state index in [4.69, 9.17) is 22.7 Å². The molecule has 2 aliphatic rings. The van der Waals surface area contributed by atoms with Gasteiger partial charge in [-0.1, -0.05) is 11.6 Å². The zero-order valence-corrected chi connectivity index (χ0v) is 18.6. The Morgan fingerprint density at radius 3 is 2.55 bits per heavy atom. The normalized spacial score (nSPS) is 22.9. The maximum absolute atomic E-state index is 12.0. The van der Waals surface area contributed by atoms with E-state index in [-0.39, 0.29) is 12.0 Å². The fraction of sp³-hybridized carbons (Fsp3) is 0.500. The average Bonchev–Trinajstić information content (AvgIpc) is 3.05. The Morgan fingerprint density at radius 2 is 1.97 bits per heavy atom. The quantitative estimate of drug-likeness (QED) is 0.545. The van der Waals surface area contributed by atoms with Crippen LogP contribution in [0.15, 0.2) is 30.5 Å². The molecule has 0 bridgehead atoms. The Morgan fingerprint density at radius 1 is 1.29 bits per heavy atom. The lowest BCUT2D eigenvalue weighted by Gasteiger charge is -2.50. The zero-order chi connectivity index (χ0) is 22.3. The summed E-state index contributed by atoms with van der Waals surface area (Å²) in [4.78, 5) is 14.3. The Hall–Kier alpha value is -2.42. The number of hydrogen-bond donors (Lipinski definition) is 4. The number of anilines is 2. The molecule has 166 valence electrons. The highest BCUT2D eigenvalue weighted by Gasteiger charge is 2.42. The van der Waals surface area contributed by atoms with E-state index < -0.39 is 11.5 Å². The molecule has 9 heteroatoms. The summed E-state index contributed by atoms with van der Waals surface area (Å²) >= 11 is 5.94. The van der Waals surface area contributed by atoms with Crippen molar-refractivity contribution in [2.24, 2.45) is 11.7 Å². The first kappa shape index (κ1) is 21.8. The van der Waals surface area contributed by atoms with Crippen molar-refractivity contribution in [3.05, 3.63) is 41.0 Å². The van der Waals surface area contributed by atoms with Crippen molar-refractivity contribution in [2.75, 3.05) is 18.4 Å². The van der Waals surface area contributed by atoms with E-state index in [0.717, 1.165) is 31.6 Å². The van der Waals surface area contributed by atoms with Gasteiger partial charge >= 0.3 is 0 Å². The van der Waals surface area contributed by atoms with Crippen LogP contribution in [0, 0.1) is 11.3 Å². The van der Waals surface area contributed by atoms with Crippen LogP contribution in [0.25, 0.3) is 0 Å². The van der Waals surface area contributed by atoms with E-state index in [9.17, 15) is 9.90 Å². The first-order chi connectivity index (χ1) is 14.6. The van der Waals surface area contributed by atoms with Gasteiger partial charge < -0.3 is 21.6 Å². The zero-order valence-electron chi connectivity index (χ0n) is 17.8. The molecule has 1 aliphatic heterocycles. The van der Waals surface area contributed by atoms with Crippen LogP contribution in [-0.4, -0.2) is 56.1 Å². The van der Waals surface area contributed by atoms with Crippen LogP contribution in [-0.2, 0) is 0 Å². The molecule has 1 aromatic heterocycles. The number of carbonyl (C=O) groups is 1. The number of rotatable bonds is 6. The van der Waals surface area contributed by atoms with E-state index in [1.165, 1.54) is 0 Å². The number of halogens is 1. The Labute approximate surface area is 186 Å². The summed E-state index contributed by atoms with van der Waals surface area (Å²) in [5.74, 6) is 0.0897.